The minimum atomic E-state index is -0.129. The highest BCUT2D eigenvalue weighted by Crippen LogP contribution is 2.26. The molecule has 4 nitrogen and oxygen atoms in total. The minimum Gasteiger partial charge on any atom is -0.504 e. The first-order chi connectivity index (χ1) is 14.5. The maximum atomic E-state index is 9.59. The summed E-state index contributed by atoms with van der Waals surface area (Å²) in [6.07, 6.45) is 20.2. The second-order valence-corrected chi connectivity index (χ2v) is 7.09. The number of benzene rings is 1. The zero-order valence-corrected chi connectivity index (χ0v) is 17.7. The lowest BCUT2D eigenvalue weighted by molar-refractivity contribution is -0.519. The summed E-state index contributed by atoms with van der Waals surface area (Å²) in [5.74, 6) is 1.36. The molecular formula is C26H28NO3+. The minimum absolute atomic E-state index is 0.123. The van der Waals surface area contributed by atoms with Crippen molar-refractivity contribution >= 4 is 11.8 Å². The van der Waals surface area contributed by atoms with Gasteiger partial charge in [0.15, 0.2) is 17.2 Å². The van der Waals surface area contributed by atoms with E-state index in [-0.39, 0.29) is 11.5 Å². The van der Waals surface area contributed by atoms with E-state index in [4.69, 9.17) is 4.74 Å². The highest BCUT2D eigenvalue weighted by Gasteiger charge is 2.10. The maximum absolute atomic E-state index is 9.59. The van der Waals surface area contributed by atoms with Crippen LogP contribution in [0.5, 0.6) is 11.5 Å². The first-order valence-electron chi connectivity index (χ1n) is 10.2. The van der Waals surface area contributed by atoms with Gasteiger partial charge in [0.2, 0.25) is 0 Å². The van der Waals surface area contributed by atoms with Gasteiger partial charge in [-0.2, -0.15) is 0 Å². The van der Waals surface area contributed by atoms with E-state index in [0.717, 1.165) is 41.3 Å². The lowest BCUT2D eigenvalue weighted by Crippen LogP contribution is -2.19. The Balaban J connectivity index is 1.76. The van der Waals surface area contributed by atoms with Crippen LogP contribution in [-0.2, 0) is 4.74 Å². The number of rotatable bonds is 5. The molecule has 30 heavy (non-hydrogen) atoms. The van der Waals surface area contributed by atoms with Crippen LogP contribution in [-0.4, -0.2) is 33.6 Å². The second-order valence-electron chi connectivity index (χ2n) is 7.09. The predicted molar refractivity (Wildman–Crippen MR) is 123 cm³/mol. The largest absolute Gasteiger partial charge is 0.504 e. The fourth-order valence-electron chi connectivity index (χ4n) is 3.30. The van der Waals surface area contributed by atoms with E-state index in [1.54, 1.807) is 6.07 Å². The van der Waals surface area contributed by atoms with Crippen LogP contribution in [0.25, 0.3) is 6.08 Å². The Morgan fingerprint density at radius 1 is 0.933 bits per heavy atom. The van der Waals surface area contributed by atoms with E-state index in [1.807, 2.05) is 43.4 Å². The SMILES string of the molecule is CC[N+](CC)=C1C=CC(=CC2=CC(=CC=Cc3ccc(O)c(O)c3)C=C(C)O2)C=C1. The highest BCUT2D eigenvalue weighted by molar-refractivity contribution is 6.02. The van der Waals surface area contributed by atoms with E-state index in [2.05, 4.69) is 42.7 Å². The normalized spacial score (nSPS) is 17.2. The number of ether oxygens (including phenoxy) is 1. The molecule has 0 atom stereocenters. The summed E-state index contributed by atoms with van der Waals surface area (Å²) in [5.41, 5.74) is 4.13. The third-order valence-electron chi connectivity index (χ3n) is 4.87. The van der Waals surface area contributed by atoms with Gasteiger partial charge < -0.3 is 14.9 Å². The summed E-state index contributed by atoms with van der Waals surface area (Å²) in [6, 6.07) is 4.73. The van der Waals surface area contributed by atoms with E-state index >= 15 is 0 Å². The standard InChI is InChI=1S/C26H27NO3/c1-4-27(5-2)23-12-9-21(10-13-23)16-24-17-22(15-19(3)30-24)8-6-7-20-11-14-25(28)26(29)18-20/h6-18,29H,4-5H2,1-3H3/p+1. The first kappa shape index (κ1) is 21.2. The Hall–Kier alpha value is -3.53. The molecule has 4 heteroatoms. The predicted octanol–water partition coefficient (Wildman–Crippen LogP) is 5.40. The van der Waals surface area contributed by atoms with Crippen molar-refractivity contribution in [1.82, 2.24) is 0 Å². The highest BCUT2D eigenvalue weighted by atomic mass is 16.5. The molecule has 0 saturated heterocycles. The monoisotopic (exact) mass is 402 g/mol. The van der Waals surface area contributed by atoms with Crippen molar-refractivity contribution in [2.75, 3.05) is 13.1 Å². The van der Waals surface area contributed by atoms with Crippen molar-refractivity contribution in [2.24, 2.45) is 0 Å². The van der Waals surface area contributed by atoms with Crippen molar-refractivity contribution in [2.45, 2.75) is 20.8 Å². The zero-order valence-electron chi connectivity index (χ0n) is 17.7. The molecule has 1 aromatic rings. The van der Waals surface area contributed by atoms with E-state index in [0.29, 0.717) is 0 Å². The fraction of sp³-hybridized carbons (Fsp3) is 0.192. The maximum Gasteiger partial charge on any atom is 0.199 e. The van der Waals surface area contributed by atoms with Gasteiger partial charge in [-0.25, -0.2) is 4.58 Å². The van der Waals surface area contributed by atoms with Gasteiger partial charge in [0, 0.05) is 12.2 Å². The van der Waals surface area contributed by atoms with Crippen LogP contribution in [0.1, 0.15) is 26.3 Å². The molecule has 0 unspecified atom stereocenters. The van der Waals surface area contributed by atoms with Crippen LogP contribution in [0.4, 0.5) is 0 Å². The summed E-state index contributed by atoms with van der Waals surface area (Å²) >= 11 is 0. The third-order valence-corrected chi connectivity index (χ3v) is 4.87. The van der Waals surface area contributed by atoms with Crippen LogP contribution in [0, 0.1) is 0 Å². The van der Waals surface area contributed by atoms with Crippen LogP contribution in [0.15, 0.2) is 95.5 Å². The molecule has 3 rings (SSSR count). The molecule has 0 aromatic heterocycles. The van der Waals surface area contributed by atoms with Crippen LogP contribution in [0.3, 0.4) is 0 Å². The lowest BCUT2D eigenvalue weighted by atomic mass is 10.1. The number of phenolic OH excluding ortho intramolecular Hbond substituents is 2. The van der Waals surface area contributed by atoms with Crippen molar-refractivity contribution in [3.8, 4) is 11.5 Å². The van der Waals surface area contributed by atoms with Gasteiger partial charge in [-0.05, 0) is 80.0 Å². The van der Waals surface area contributed by atoms with Gasteiger partial charge >= 0.3 is 0 Å². The molecule has 0 fully saturated rings. The van der Waals surface area contributed by atoms with Gasteiger partial charge in [0.05, 0.1) is 0 Å². The third kappa shape index (κ3) is 5.51. The Bertz CT molecular complexity index is 1040. The topological polar surface area (TPSA) is 52.7 Å². The molecule has 2 aliphatic rings. The Morgan fingerprint density at radius 2 is 1.67 bits per heavy atom. The molecular weight excluding hydrogens is 374 g/mol. The number of aromatic hydroxyl groups is 2. The molecule has 1 aliphatic heterocycles. The summed E-state index contributed by atoms with van der Waals surface area (Å²) < 4.78 is 8.18. The van der Waals surface area contributed by atoms with E-state index < -0.39 is 0 Å². The van der Waals surface area contributed by atoms with Gasteiger partial charge in [-0.15, -0.1) is 0 Å². The second kappa shape index (κ2) is 9.79. The zero-order chi connectivity index (χ0) is 21.5. The first-order valence-corrected chi connectivity index (χ1v) is 10.2. The number of nitrogens with zero attached hydrogens (tertiary/aromatic N) is 1. The molecule has 0 amide bonds. The Labute approximate surface area is 178 Å². The summed E-state index contributed by atoms with van der Waals surface area (Å²) in [7, 11) is 0. The quantitative estimate of drug-likeness (QED) is 0.512. The number of phenols is 2. The summed E-state index contributed by atoms with van der Waals surface area (Å²) in [4.78, 5) is 0. The van der Waals surface area contributed by atoms with Gasteiger partial charge in [-0.1, -0.05) is 24.3 Å². The smallest absolute Gasteiger partial charge is 0.199 e. The van der Waals surface area contributed by atoms with Crippen molar-refractivity contribution < 1.29 is 19.5 Å². The van der Waals surface area contributed by atoms with Gasteiger partial charge in [-0.3, -0.25) is 0 Å². The molecule has 1 aliphatic carbocycles. The van der Waals surface area contributed by atoms with Crippen LogP contribution < -0.4 is 0 Å². The Kier molecular flexibility index (Phi) is 6.91. The van der Waals surface area contributed by atoms with Crippen molar-refractivity contribution in [3.63, 3.8) is 0 Å². The molecule has 1 aromatic carbocycles. The van der Waals surface area contributed by atoms with E-state index in [9.17, 15) is 10.2 Å². The molecule has 0 spiro atoms. The van der Waals surface area contributed by atoms with Crippen LogP contribution >= 0.6 is 0 Å². The molecule has 0 saturated carbocycles. The van der Waals surface area contributed by atoms with Crippen molar-refractivity contribution in [3.05, 3.63) is 101 Å². The molecule has 154 valence electrons. The van der Waals surface area contributed by atoms with Gasteiger partial charge in [0.25, 0.3) is 0 Å². The number of hydrogen-bond acceptors (Lipinski definition) is 3. The van der Waals surface area contributed by atoms with Crippen molar-refractivity contribution in [1.29, 1.82) is 0 Å². The van der Waals surface area contributed by atoms with Gasteiger partial charge in [0.1, 0.15) is 24.6 Å². The fourth-order valence-corrected chi connectivity index (χ4v) is 3.30. The average molecular weight is 403 g/mol. The molecule has 0 radical (unpaired) electrons. The lowest BCUT2D eigenvalue weighted by Gasteiger charge is -2.14. The number of hydrogen-bond donors (Lipinski definition) is 2. The molecule has 0 bridgehead atoms. The van der Waals surface area contributed by atoms with Crippen LogP contribution in [0.2, 0.25) is 0 Å². The summed E-state index contributed by atoms with van der Waals surface area (Å²) in [6.45, 7) is 8.23. The Morgan fingerprint density at radius 3 is 2.33 bits per heavy atom. The molecule has 2 N–H and O–H groups in total. The average Bonchev–Trinajstić information content (AvgIpc) is 2.72. The summed E-state index contributed by atoms with van der Waals surface area (Å²) in [5, 5.41) is 19.0. The van der Waals surface area contributed by atoms with E-state index in [1.165, 1.54) is 17.8 Å². The molecule has 1 heterocycles. The number of allylic oxidation sites excluding steroid dienone is 12.